The molecule has 1 N–H and O–H groups in total. The van der Waals surface area contributed by atoms with Gasteiger partial charge < -0.3 is 0 Å². The molecule has 0 unspecified atom stereocenters. The summed E-state index contributed by atoms with van der Waals surface area (Å²) in [5.41, 5.74) is 1.88. The minimum absolute atomic E-state index is 0.224. The molecular weight excluding hydrogens is 335 g/mol. The molecule has 23 heavy (non-hydrogen) atoms. The van der Waals surface area contributed by atoms with Crippen molar-refractivity contribution in [2.75, 3.05) is 6.54 Å². The zero-order valence-corrected chi connectivity index (χ0v) is 14.6. The molecule has 124 valence electrons. The Kier molecular flexibility index (Phi) is 4.79. The van der Waals surface area contributed by atoms with Crippen LogP contribution in [0.2, 0.25) is 0 Å². The number of rotatable bonds is 5. The number of nitrogens with one attached hydrogen (secondary N) is 1. The standard InChI is InChI=1S/C16H19FN2O2S2/c1-11-6-7-12(17)15(10-11)23(20,21)18-9-8-16-19-13-4-2-3-5-14(13)22-16/h6-7,10,18H,2-5,8-9H2,1H3. The second kappa shape index (κ2) is 6.67. The van der Waals surface area contributed by atoms with E-state index in [1.54, 1.807) is 24.3 Å². The van der Waals surface area contributed by atoms with Crippen LogP contribution in [0.5, 0.6) is 0 Å². The maximum Gasteiger partial charge on any atom is 0.243 e. The molecule has 0 spiro atoms. The Morgan fingerprint density at radius 2 is 2.09 bits per heavy atom. The molecule has 2 aromatic rings. The quantitative estimate of drug-likeness (QED) is 0.898. The summed E-state index contributed by atoms with van der Waals surface area (Å²) >= 11 is 1.67. The molecule has 7 heteroatoms. The number of halogens is 1. The van der Waals surface area contributed by atoms with Crippen molar-refractivity contribution in [2.45, 2.75) is 43.9 Å². The third kappa shape index (κ3) is 3.79. The fraction of sp³-hybridized carbons (Fsp3) is 0.438. The first-order chi connectivity index (χ1) is 11.0. The highest BCUT2D eigenvalue weighted by Gasteiger charge is 2.19. The zero-order chi connectivity index (χ0) is 16.4. The molecule has 1 aliphatic carbocycles. The SMILES string of the molecule is Cc1ccc(F)c(S(=O)(=O)NCCc2nc3c(s2)CCCC3)c1. The predicted molar refractivity (Wildman–Crippen MR) is 88.8 cm³/mol. The van der Waals surface area contributed by atoms with Crippen molar-refractivity contribution in [2.24, 2.45) is 0 Å². The molecule has 0 saturated carbocycles. The van der Waals surface area contributed by atoms with Crippen molar-refractivity contribution < 1.29 is 12.8 Å². The van der Waals surface area contributed by atoms with E-state index in [4.69, 9.17) is 0 Å². The first-order valence-electron chi connectivity index (χ1n) is 7.69. The van der Waals surface area contributed by atoms with Crippen LogP contribution in [0.4, 0.5) is 4.39 Å². The van der Waals surface area contributed by atoms with Gasteiger partial charge in [0.05, 0.1) is 10.7 Å². The van der Waals surface area contributed by atoms with Crippen molar-refractivity contribution in [3.8, 4) is 0 Å². The Morgan fingerprint density at radius 1 is 1.30 bits per heavy atom. The summed E-state index contributed by atoms with van der Waals surface area (Å²) in [6.07, 6.45) is 5.01. The number of hydrogen-bond acceptors (Lipinski definition) is 4. The fourth-order valence-electron chi connectivity index (χ4n) is 2.70. The average Bonchev–Trinajstić information content (AvgIpc) is 2.92. The fourth-order valence-corrected chi connectivity index (χ4v) is 5.05. The molecule has 0 fully saturated rings. The molecule has 1 aliphatic rings. The Morgan fingerprint density at radius 3 is 2.87 bits per heavy atom. The number of benzene rings is 1. The number of fused-ring (bicyclic) bond motifs is 1. The van der Waals surface area contributed by atoms with E-state index in [1.165, 1.54) is 35.5 Å². The van der Waals surface area contributed by atoms with Crippen molar-refractivity contribution in [3.63, 3.8) is 0 Å². The number of thiazole rings is 1. The summed E-state index contributed by atoms with van der Waals surface area (Å²) in [7, 11) is -3.83. The van der Waals surface area contributed by atoms with Gasteiger partial charge in [-0.15, -0.1) is 11.3 Å². The second-order valence-electron chi connectivity index (χ2n) is 5.77. The van der Waals surface area contributed by atoms with Crippen molar-refractivity contribution in [3.05, 3.63) is 45.2 Å². The molecule has 1 aromatic carbocycles. The van der Waals surface area contributed by atoms with Crippen LogP contribution in [-0.4, -0.2) is 19.9 Å². The summed E-state index contributed by atoms with van der Waals surface area (Å²) in [4.78, 5) is 5.62. The predicted octanol–water partition coefficient (Wildman–Crippen LogP) is 2.99. The lowest BCUT2D eigenvalue weighted by Crippen LogP contribution is -2.26. The van der Waals surface area contributed by atoms with Crippen LogP contribution in [0.3, 0.4) is 0 Å². The molecule has 0 saturated heterocycles. The summed E-state index contributed by atoms with van der Waals surface area (Å²) in [6.45, 7) is 1.96. The van der Waals surface area contributed by atoms with Gasteiger partial charge in [-0.25, -0.2) is 22.5 Å². The van der Waals surface area contributed by atoms with E-state index < -0.39 is 15.8 Å². The van der Waals surface area contributed by atoms with Gasteiger partial charge in [0.15, 0.2) is 0 Å². The highest BCUT2D eigenvalue weighted by atomic mass is 32.2. The topological polar surface area (TPSA) is 59.1 Å². The Balaban J connectivity index is 1.65. The van der Waals surface area contributed by atoms with E-state index in [-0.39, 0.29) is 11.4 Å². The molecule has 0 aliphatic heterocycles. The van der Waals surface area contributed by atoms with Crippen LogP contribution < -0.4 is 4.72 Å². The van der Waals surface area contributed by atoms with Crippen molar-refractivity contribution in [1.82, 2.24) is 9.71 Å². The molecule has 0 radical (unpaired) electrons. The van der Waals surface area contributed by atoms with E-state index in [1.807, 2.05) is 0 Å². The first-order valence-corrected chi connectivity index (χ1v) is 9.99. The lowest BCUT2D eigenvalue weighted by Gasteiger charge is -2.07. The van der Waals surface area contributed by atoms with E-state index >= 15 is 0 Å². The Hall–Kier alpha value is -1.31. The van der Waals surface area contributed by atoms with Crippen LogP contribution >= 0.6 is 11.3 Å². The van der Waals surface area contributed by atoms with Gasteiger partial charge in [-0.3, -0.25) is 0 Å². The molecule has 0 bridgehead atoms. The van der Waals surface area contributed by atoms with Gasteiger partial charge in [-0.05, 0) is 50.3 Å². The van der Waals surface area contributed by atoms with Gasteiger partial charge in [0, 0.05) is 17.8 Å². The number of aromatic nitrogens is 1. The highest BCUT2D eigenvalue weighted by molar-refractivity contribution is 7.89. The van der Waals surface area contributed by atoms with Crippen LogP contribution in [0.1, 0.15) is 34.0 Å². The maximum absolute atomic E-state index is 13.7. The van der Waals surface area contributed by atoms with Crippen LogP contribution in [0, 0.1) is 12.7 Å². The Labute approximate surface area is 139 Å². The summed E-state index contributed by atoms with van der Waals surface area (Å²) in [6, 6.07) is 4.08. The normalized spacial score (nSPS) is 14.7. The minimum Gasteiger partial charge on any atom is -0.246 e. The average molecular weight is 354 g/mol. The largest absolute Gasteiger partial charge is 0.246 e. The van der Waals surface area contributed by atoms with Gasteiger partial charge in [-0.1, -0.05) is 6.07 Å². The highest BCUT2D eigenvalue weighted by Crippen LogP contribution is 2.26. The van der Waals surface area contributed by atoms with E-state index in [2.05, 4.69) is 9.71 Å². The maximum atomic E-state index is 13.7. The number of sulfonamides is 1. The molecular formula is C16H19FN2O2S2. The second-order valence-corrected chi connectivity index (χ2v) is 8.67. The van der Waals surface area contributed by atoms with Gasteiger partial charge in [0.25, 0.3) is 0 Å². The van der Waals surface area contributed by atoms with Crippen molar-refractivity contribution in [1.29, 1.82) is 0 Å². The lowest BCUT2D eigenvalue weighted by atomic mass is 10.0. The zero-order valence-electron chi connectivity index (χ0n) is 12.9. The Bertz CT molecular complexity index is 792. The molecule has 0 atom stereocenters. The third-order valence-electron chi connectivity index (χ3n) is 3.90. The molecule has 1 heterocycles. The summed E-state index contributed by atoms with van der Waals surface area (Å²) in [5, 5.41) is 0.948. The van der Waals surface area contributed by atoms with Gasteiger partial charge in [-0.2, -0.15) is 0 Å². The monoisotopic (exact) mass is 354 g/mol. The molecule has 3 rings (SSSR count). The van der Waals surface area contributed by atoms with Gasteiger partial charge >= 0.3 is 0 Å². The lowest BCUT2D eigenvalue weighted by molar-refractivity contribution is 0.556. The first kappa shape index (κ1) is 16.5. The molecule has 0 amide bonds. The number of hydrogen-bond donors (Lipinski definition) is 1. The van der Waals surface area contributed by atoms with E-state index in [0.717, 1.165) is 17.8 Å². The van der Waals surface area contributed by atoms with Gasteiger partial charge in [0.2, 0.25) is 10.0 Å². The molecule has 4 nitrogen and oxygen atoms in total. The van der Waals surface area contributed by atoms with Gasteiger partial charge in [0.1, 0.15) is 10.7 Å². The van der Waals surface area contributed by atoms with Crippen LogP contribution in [0.15, 0.2) is 23.1 Å². The summed E-state index contributed by atoms with van der Waals surface area (Å²) < 4.78 is 40.7. The number of aryl methyl sites for hydroxylation is 3. The van der Waals surface area contributed by atoms with E-state index in [0.29, 0.717) is 12.0 Å². The summed E-state index contributed by atoms with van der Waals surface area (Å²) in [5.74, 6) is -0.729. The number of nitrogens with zero attached hydrogens (tertiary/aromatic N) is 1. The van der Waals surface area contributed by atoms with Crippen LogP contribution in [-0.2, 0) is 29.3 Å². The van der Waals surface area contributed by atoms with E-state index in [9.17, 15) is 12.8 Å². The third-order valence-corrected chi connectivity index (χ3v) is 6.59. The molecule has 1 aromatic heterocycles. The van der Waals surface area contributed by atoms with Crippen molar-refractivity contribution >= 4 is 21.4 Å². The minimum atomic E-state index is -3.83. The smallest absolute Gasteiger partial charge is 0.243 e. The van der Waals surface area contributed by atoms with Crippen LogP contribution in [0.25, 0.3) is 0 Å².